The van der Waals surface area contributed by atoms with Crippen molar-refractivity contribution >= 4 is 5.95 Å². The van der Waals surface area contributed by atoms with E-state index in [2.05, 4.69) is 20.5 Å². The highest BCUT2D eigenvalue weighted by Gasteiger charge is 2.20. The Morgan fingerprint density at radius 2 is 2.06 bits per heavy atom. The third kappa shape index (κ3) is 3.30. The summed E-state index contributed by atoms with van der Waals surface area (Å²) in [6.07, 6.45) is 0. The Hall–Kier alpha value is -1.43. The smallest absolute Gasteiger partial charge is 0.274 e. The van der Waals surface area contributed by atoms with Gasteiger partial charge in [0.15, 0.2) is 0 Å². The van der Waals surface area contributed by atoms with E-state index >= 15 is 0 Å². The van der Waals surface area contributed by atoms with E-state index in [0.29, 0.717) is 24.8 Å². The minimum Gasteiger partial charge on any atom is -0.383 e. The molecular formula is C10H18N4O2. The number of anilines is 1. The van der Waals surface area contributed by atoms with Crippen LogP contribution in [0.25, 0.3) is 0 Å². The van der Waals surface area contributed by atoms with Crippen LogP contribution in [0.1, 0.15) is 26.5 Å². The SMILES string of the molecule is COCCNc1nnc(C(C)(C)C)c(=O)[nH]1. The molecule has 0 atom stereocenters. The molecule has 0 aliphatic rings. The molecule has 0 aromatic carbocycles. The number of hydrogen-bond donors (Lipinski definition) is 2. The second-order valence-electron chi connectivity index (χ2n) is 4.52. The zero-order valence-electron chi connectivity index (χ0n) is 10.1. The Bertz CT molecular complexity index is 395. The first-order valence-electron chi connectivity index (χ1n) is 5.15. The number of nitrogens with zero attached hydrogens (tertiary/aromatic N) is 2. The van der Waals surface area contributed by atoms with Gasteiger partial charge in [-0.25, -0.2) is 0 Å². The third-order valence-electron chi connectivity index (χ3n) is 2.01. The second-order valence-corrected chi connectivity index (χ2v) is 4.52. The summed E-state index contributed by atoms with van der Waals surface area (Å²) in [4.78, 5) is 14.3. The lowest BCUT2D eigenvalue weighted by Gasteiger charge is -2.15. The quantitative estimate of drug-likeness (QED) is 0.732. The maximum absolute atomic E-state index is 11.7. The van der Waals surface area contributed by atoms with Crippen molar-refractivity contribution < 1.29 is 4.74 Å². The van der Waals surface area contributed by atoms with Crippen LogP contribution >= 0.6 is 0 Å². The van der Waals surface area contributed by atoms with E-state index in [4.69, 9.17) is 4.74 Å². The number of H-pyrrole nitrogens is 1. The van der Waals surface area contributed by atoms with Crippen molar-refractivity contribution in [1.82, 2.24) is 15.2 Å². The van der Waals surface area contributed by atoms with Gasteiger partial charge >= 0.3 is 0 Å². The number of aromatic amines is 1. The first-order chi connectivity index (χ1) is 7.45. The zero-order chi connectivity index (χ0) is 12.2. The van der Waals surface area contributed by atoms with E-state index < -0.39 is 0 Å². The molecule has 0 unspecified atom stereocenters. The normalized spacial score (nSPS) is 11.5. The molecule has 1 aromatic heterocycles. The van der Waals surface area contributed by atoms with Crippen LogP contribution in [0.4, 0.5) is 5.95 Å². The molecule has 0 saturated heterocycles. The average molecular weight is 226 g/mol. The molecule has 0 spiro atoms. The fourth-order valence-corrected chi connectivity index (χ4v) is 1.18. The van der Waals surface area contributed by atoms with Gasteiger partial charge in [0.1, 0.15) is 5.69 Å². The first-order valence-corrected chi connectivity index (χ1v) is 5.15. The Morgan fingerprint density at radius 1 is 1.38 bits per heavy atom. The van der Waals surface area contributed by atoms with Crippen molar-refractivity contribution in [2.75, 3.05) is 25.6 Å². The molecule has 0 amide bonds. The highest BCUT2D eigenvalue weighted by molar-refractivity contribution is 5.22. The van der Waals surface area contributed by atoms with Crippen molar-refractivity contribution in [3.05, 3.63) is 16.0 Å². The molecule has 0 saturated carbocycles. The zero-order valence-corrected chi connectivity index (χ0v) is 10.1. The predicted molar refractivity (Wildman–Crippen MR) is 61.7 cm³/mol. The number of hydrogen-bond acceptors (Lipinski definition) is 5. The molecule has 90 valence electrons. The van der Waals surface area contributed by atoms with Gasteiger partial charge in [0.25, 0.3) is 5.56 Å². The van der Waals surface area contributed by atoms with Crippen LogP contribution in [0.3, 0.4) is 0 Å². The summed E-state index contributed by atoms with van der Waals surface area (Å²) in [6.45, 7) is 6.89. The van der Waals surface area contributed by atoms with Gasteiger partial charge in [-0.3, -0.25) is 9.78 Å². The maximum atomic E-state index is 11.7. The molecule has 0 bridgehead atoms. The molecule has 0 aliphatic carbocycles. The lowest BCUT2D eigenvalue weighted by Crippen LogP contribution is -2.28. The fourth-order valence-electron chi connectivity index (χ4n) is 1.18. The van der Waals surface area contributed by atoms with Gasteiger partial charge in [-0.2, -0.15) is 0 Å². The van der Waals surface area contributed by atoms with E-state index in [1.54, 1.807) is 7.11 Å². The Balaban J connectivity index is 2.80. The van der Waals surface area contributed by atoms with Crippen LogP contribution < -0.4 is 10.9 Å². The summed E-state index contributed by atoms with van der Waals surface area (Å²) in [5, 5.41) is 10.7. The van der Waals surface area contributed by atoms with Gasteiger partial charge in [-0.1, -0.05) is 20.8 Å². The predicted octanol–water partition coefficient (Wildman–Crippen LogP) is 0.521. The van der Waals surface area contributed by atoms with Crippen LogP contribution in [0.5, 0.6) is 0 Å². The summed E-state index contributed by atoms with van der Waals surface area (Å²) in [5.41, 5.74) is -0.0711. The van der Waals surface area contributed by atoms with Crippen molar-refractivity contribution in [3.8, 4) is 0 Å². The monoisotopic (exact) mass is 226 g/mol. The molecular weight excluding hydrogens is 208 g/mol. The van der Waals surface area contributed by atoms with Crippen LogP contribution in [-0.4, -0.2) is 35.4 Å². The van der Waals surface area contributed by atoms with E-state index in [0.717, 1.165) is 0 Å². The van der Waals surface area contributed by atoms with Crippen molar-refractivity contribution in [3.63, 3.8) is 0 Å². The van der Waals surface area contributed by atoms with Gasteiger partial charge in [0.05, 0.1) is 6.61 Å². The van der Waals surface area contributed by atoms with E-state index in [-0.39, 0.29) is 11.0 Å². The molecule has 6 heteroatoms. The maximum Gasteiger partial charge on any atom is 0.274 e. The summed E-state index contributed by atoms with van der Waals surface area (Å²) in [6, 6.07) is 0. The highest BCUT2D eigenvalue weighted by atomic mass is 16.5. The van der Waals surface area contributed by atoms with Crippen LogP contribution in [0.15, 0.2) is 4.79 Å². The van der Waals surface area contributed by atoms with Gasteiger partial charge in [-0.05, 0) is 0 Å². The van der Waals surface area contributed by atoms with Crippen molar-refractivity contribution in [2.45, 2.75) is 26.2 Å². The molecule has 2 N–H and O–H groups in total. The summed E-state index contributed by atoms with van der Waals surface area (Å²) in [7, 11) is 1.61. The summed E-state index contributed by atoms with van der Waals surface area (Å²) >= 11 is 0. The number of nitrogens with one attached hydrogen (secondary N) is 2. The fraction of sp³-hybridized carbons (Fsp3) is 0.700. The van der Waals surface area contributed by atoms with E-state index in [1.165, 1.54) is 0 Å². The van der Waals surface area contributed by atoms with Gasteiger partial charge < -0.3 is 10.1 Å². The number of methoxy groups -OCH3 is 1. The van der Waals surface area contributed by atoms with E-state index in [1.807, 2.05) is 20.8 Å². The molecule has 6 nitrogen and oxygen atoms in total. The molecule has 1 rings (SSSR count). The number of aromatic nitrogens is 3. The number of ether oxygens (including phenoxy) is 1. The second kappa shape index (κ2) is 5.07. The lowest BCUT2D eigenvalue weighted by molar-refractivity contribution is 0.210. The molecule has 0 fully saturated rings. The van der Waals surface area contributed by atoms with Crippen LogP contribution in [0.2, 0.25) is 0 Å². The third-order valence-corrected chi connectivity index (χ3v) is 2.01. The standard InChI is InChI=1S/C10H18N4O2/c1-10(2,3)7-8(15)12-9(14-13-7)11-5-6-16-4/h5-6H2,1-4H3,(H2,11,12,14,15). The Morgan fingerprint density at radius 3 is 2.56 bits per heavy atom. The number of rotatable bonds is 4. The lowest BCUT2D eigenvalue weighted by atomic mass is 9.93. The average Bonchev–Trinajstić information content (AvgIpc) is 2.16. The largest absolute Gasteiger partial charge is 0.383 e. The van der Waals surface area contributed by atoms with Crippen LogP contribution in [-0.2, 0) is 10.2 Å². The van der Waals surface area contributed by atoms with Crippen molar-refractivity contribution in [2.24, 2.45) is 0 Å². The van der Waals surface area contributed by atoms with Gasteiger partial charge in [-0.15, -0.1) is 10.2 Å². The molecule has 0 radical (unpaired) electrons. The highest BCUT2D eigenvalue weighted by Crippen LogP contribution is 2.15. The summed E-state index contributed by atoms with van der Waals surface area (Å²) < 4.78 is 4.87. The van der Waals surface area contributed by atoms with Crippen LogP contribution in [0, 0.1) is 0 Å². The van der Waals surface area contributed by atoms with E-state index in [9.17, 15) is 4.79 Å². The van der Waals surface area contributed by atoms with Gasteiger partial charge in [0, 0.05) is 19.1 Å². The molecule has 1 heterocycles. The molecule has 0 aliphatic heterocycles. The Kier molecular flexibility index (Phi) is 4.00. The van der Waals surface area contributed by atoms with Gasteiger partial charge in [0.2, 0.25) is 5.95 Å². The minimum absolute atomic E-state index is 0.206. The van der Waals surface area contributed by atoms with Crippen molar-refractivity contribution in [1.29, 1.82) is 0 Å². The Labute approximate surface area is 94.4 Å². The summed E-state index contributed by atoms with van der Waals surface area (Å²) in [5.74, 6) is 0.370. The minimum atomic E-state index is -0.300. The molecule has 1 aromatic rings. The first kappa shape index (κ1) is 12.6. The molecule has 16 heavy (non-hydrogen) atoms. The topological polar surface area (TPSA) is 79.9 Å².